The average molecular weight is 344 g/mol. The Hall–Kier alpha value is -2.17. The fraction of sp³-hybridized carbons (Fsp3) is 0.167. The first-order chi connectivity index (χ1) is 10.4. The monoisotopic (exact) mass is 344 g/mol. The summed E-state index contributed by atoms with van der Waals surface area (Å²) in [7, 11) is -4.03. The molecule has 0 atom stereocenters. The van der Waals surface area contributed by atoms with Crippen molar-refractivity contribution in [1.29, 1.82) is 0 Å². The minimum atomic E-state index is -4.03. The number of ether oxygens (including phenoxy) is 1. The number of esters is 1. The number of sulfonamides is 1. The Labute approximate surface area is 129 Å². The second-order valence-corrected chi connectivity index (χ2v) is 6.62. The third-order valence-corrected chi connectivity index (χ3v) is 4.09. The van der Waals surface area contributed by atoms with E-state index >= 15 is 0 Å². The molecule has 0 unspecified atom stereocenters. The second-order valence-electron chi connectivity index (χ2n) is 4.10. The van der Waals surface area contributed by atoms with Gasteiger partial charge in [0.05, 0.1) is 6.54 Å². The molecule has 1 amide bonds. The highest BCUT2D eigenvalue weighted by Crippen LogP contribution is 2.13. The molecule has 3 N–H and O–H groups in total. The van der Waals surface area contributed by atoms with Crippen molar-refractivity contribution in [3.8, 4) is 0 Å². The molecule has 0 aliphatic heterocycles. The highest BCUT2D eigenvalue weighted by atomic mass is 32.2. The van der Waals surface area contributed by atoms with Gasteiger partial charge in [-0.3, -0.25) is 4.79 Å². The lowest BCUT2D eigenvalue weighted by atomic mass is 10.4. The van der Waals surface area contributed by atoms with Crippen LogP contribution in [0.25, 0.3) is 0 Å². The van der Waals surface area contributed by atoms with Gasteiger partial charge in [0.1, 0.15) is 0 Å². The van der Waals surface area contributed by atoms with Crippen LogP contribution in [0, 0.1) is 0 Å². The fourth-order valence-electron chi connectivity index (χ4n) is 1.43. The molecular weight excluding hydrogens is 332 g/mol. The number of hydrogen-bond donors (Lipinski definition) is 2. The topological polar surface area (TPSA) is 129 Å². The van der Waals surface area contributed by atoms with Gasteiger partial charge in [-0.2, -0.15) is 0 Å². The Morgan fingerprint density at radius 3 is 2.68 bits per heavy atom. The summed E-state index contributed by atoms with van der Waals surface area (Å²) in [6, 6.07) is 5.84. The summed E-state index contributed by atoms with van der Waals surface area (Å²) in [6.07, 6.45) is 0. The van der Waals surface area contributed by atoms with E-state index in [0.29, 0.717) is 6.54 Å². The van der Waals surface area contributed by atoms with Gasteiger partial charge in [0.25, 0.3) is 15.9 Å². The highest BCUT2D eigenvalue weighted by Gasteiger charge is 2.19. The van der Waals surface area contributed by atoms with E-state index < -0.39 is 33.6 Å². The van der Waals surface area contributed by atoms with Gasteiger partial charge in [0, 0.05) is 4.88 Å². The summed E-state index contributed by atoms with van der Waals surface area (Å²) >= 11 is 1.49. The van der Waals surface area contributed by atoms with Crippen LogP contribution in [0.5, 0.6) is 0 Å². The van der Waals surface area contributed by atoms with E-state index in [-0.39, 0.29) is 5.76 Å². The molecule has 0 radical (unpaired) electrons. The van der Waals surface area contributed by atoms with Crippen LogP contribution in [0.15, 0.2) is 39.2 Å². The number of nitrogens with two attached hydrogens (primary N) is 1. The minimum absolute atomic E-state index is 0.338. The number of hydrogen-bond acceptors (Lipinski definition) is 7. The number of primary sulfonamides is 1. The Morgan fingerprint density at radius 2 is 2.09 bits per heavy atom. The first kappa shape index (κ1) is 16.2. The van der Waals surface area contributed by atoms with Crippen LogP contribution in [-0.4, -0.2) is 26.9 Å². The number of amides is 1. The van der Waals surface area contributed by atoms with Crippen LogP contribution in [0.3, 0.4) is 0 Å². The van der Waals surface area contributed by atoms with Crippen LogP contribution in [-0.2, 0) is 26.1 Å². The Morgan fingerprint density at radius 1 is 1.32 bits per heavy atom. The van der Waals surface area contributed by atoms with Gasteiger partial charge in [-0.25, -0.2) is 18.4 Å². The quantitative estimate of drug-likeness (QED) is 0.733. The zero-order valence-corrected chi connectivity index (χ0v) is 12.8. The molecule has 0 aromatic carbocycles. The number of carbonyl (C=O) groups excluding carboxylic acids is 2. The third-order valence-electron chi connectivity index (χ3n) is 2.44. The van der Waals surface area contributed by atoms with E-state index in [9.17, 15) is 18.0 Å². The lowest BCUT2D eigenvalue weighted by molar-refractivity contribution is -0.124. The van der Waals surface area contributed by atoms with Gasteiger partial charge in [0.15, 0.2) is 6.61 Å². The predicted molar refractivity (Wildman–Crippen MR) is 76.5 cm³/mol. The normalized spacial score (nSPS) is 11.1. The molecule has 0 aliphatic rings. The molecular formula is C12H12N2O6S2. The van der Waals surface area contributed by atoms with Gasteiger partial charge < -0.3 is 14.5 Å². The number of furan rings is 1. The summed E-state index contributed by atoms with van der Waals surface area (Å²) < 4.78 is 31.5. The van der Waals surface area contributed by atoms with E-state index in [2.05, 4.69) is 5.32 Å². The summed E-state index contributed by atoms with van der Waals surface area (Å²) in [6.45, 7) is -0.167. The first-order valence-electron chi connectivity index (χ1n) is 5.95. The molecule has 0 spiro atoms. The summed E-state index contributed by atoms with van der Waals surface area (Å²) in [5.74, 6) is -1.80. The van der Waals surface area contributed by atoms with E-state index in [0.717, 1.165) is 17.0 Å². The van der Waals surface area contributed by atoms with Crippen molar-refractivity contribution < 1.29 is 27.2 Å². The van der Waals surface area contributed by atoms with Crippen molar-refractivity contribution in [3.05, 3.63) is 40.3 Å². The van der Waals surface area contributed by atoms with Crippen molar-refractivity contribution in [2.75, 3.05) is 6.61 Å². The van der Waals surface area contributed by atoms with Gasteiger partial charge >= 0.3 is 5.97 Å². The Balaban J connectivity index is 1.82. The van der Waals surface area contributed by atoms with E-state index in [4.69, 9.17) is 14.3 Å². The van der Waals surface area contributed by atoms with Crippen LogP contribution in [0.2, 0.25) is 0 Å². The zero-order valence-electron chi connectivity index (χ0n) is 11.1. The SMILES string of the molecule is NS(=O)(=O)c1ccc(C(=O)OCC(=O)NCc2cccs2)o1. The van der Waals surface area contributed by atoms with Crippen LogP contribution < -0.4 is 10.5 Å². The Bertz CT molecular complexity index is 763. The fourth-order valence-corrected chi connectivity index (χ4v) is 2.54. The number of nitrogens with one attached hydrogen (secondary N) is 1. The van der Waals surface area contributed by atoms with Crippen molar-refractivity contribution in [3.63, 3.8) is 0 Å². The summed E-state index contributed by atoms with van der Waals surface area (Å²) in [5.41, 5.74) is 0. The van der Waals surface area contributed by atoms with Gasteiger partial charge in [0.2, 0.25) is 10.9 Å². The highest BCUT2D eigenvalue weighted by molar-refractivity contribution is 7.89. The molecule has 10 heteroatoms. The van der Waals surface area contributed by atoms with Gasteiger partial charge in [-0.15, -0.1) is 11.3 Å². The number of thiophene rings is 1. The summed E-state index contributed by atoms with van der Waals surface area (Å²) in [4.78, 5) is 24.1. The standard InChI is InChI=1S/C12H12N2O6S2/c13-22(17,18)11-4-3-9(20-11)12(16)19-7-10(15)14-6-8-2-1-5-21-8/h1-5H,6-7H2,(H,14,15)(H2,13,17,18). The minimum Gasteiger partial charge on any atom is -0.450 e. The maximum absolute atomic E-state index is 11.6. The molecule has 0 saturated heterocycles. The van der Waals surface area contributed by atoms with Crippen molar-refractivity contribution in [1.82, 2.24) is 5.32 Å². The lowest BCUT2D eigenvalue weighted by Gasteiger charge is -2.04. The molecule has 8 nitrogen and oxygen atoms in total. The molecule has 2 aromatic rings. The lowest BCUT2D eigenvalue weighted by Crippen LogP contribution is -2.28. The zero-order chi connectivity index (χ0) is 16.2. The van der Waals surface area contributed by atoms with Crippen LogP contribution >= 0.6 is 11.3 Å². The van der Waals surface area contributed by atoms with Crippen LogP contribution in [0.4, 0.5) is 0 Å². The third kappa shape index (κ3) is 4.41. The van der Waals surface area contributed by atoms with Crippen molar-refractivity contribution in [2.24, 2.45) is 5.14 Å². The van der Waals surface area contributed by atoms with Crippen molar-refractivity contribution >= 4 is 33.2 Å². The summed E-state index contributed by atoms with van der Waals surface area (Å²) in [5, 5.41) is 8.73. The molecule has 0 fully saturated rings. The second kappa shape index (κ2) is 6.73. The van der Waals surface area contributed by atoms with Gasteiger partial charge in [-0.05, 0) is 23.6 Å². The molecule has 2 rings (SSSR count). The van der Waals surface area contributed by atoms with Crippen molar-refractivity contribution in [2.45, 2.75) is 11.6 Å². The van der Waals surface area contributed by atoms with E-state index in [1.54, 1.807) is 0 Å². The van der Waals surface area contributed by atoms with Crippen LogP contribution in [0.1, 0.15) is 15.4 Å². The average Bonchev–Trinajstić information content (AvgIpc) is 3.12. The smallest absolute Gasteiger partial charge is 0.374 e. The molecule has 22 heavy (non-hydrogen) atoms. The van der Waals surface area contributed by atoms with Gasteiger partial charge in [-0.1, -0.05) is 6.07 Å². The van der Waals surface area contributed by atoms with E-state index in [1.807, 2.05) is 17.5 Å². The van der Waals surface area contributed by atoms with E-state index in [1.165, 1.54) is 11.3 Å². The molecule has 2 aromatic heterocycles. The maximum atomic E-state index is 11.6. The Kier molecular flexibility index (Phi) is 4.96. The molecule has 0 saturated carbocycles. The molecule has 0 aliphatic carbocycles. The predicted octanol–water partition coefficient (Wildman–Crippen LogP) is 0.462. The number of rotatable bonds is 6. The number of carbonyl (C=O) groups is 2. The first-order valence-corrected chi connectivity index (χ1v) is 8.37. The molecule has 0 bridgehead atoms. The maximum Gasteiger partial charge on any atom is 0.374 e. The molecule has 118 valence electrons. The molecule has 2 heterocycles. The largest absolute Gasteiger partial charge is 0.450 e.